The average molecular weight is 258 g/mol. The van der Waals surface area contributed by atoms with E-state index >= 15 is 0 Å². The van der Waals surface area contributed by atoms with E-state index in [0.29, 0.717) is 17.9 Å². The molecule has 0 aliphatic rings. The van der Waals surface area contributed by atoms with Crippen LogP contribution in [0, 0.1) is 0 Å². The van der Waals surface area contributed by atoms with Gasteiger partial charge in [0.2, 0.25) is 0 Å². The summed E-state index contributed by atoms with van der Waals surface area (Å²) >= 11 is 0. The molecule has 2 aromatic rings. The van der Waals surface area contributed by atoms with Gasteiger partial charge in [-0.3, -0.25) is 9.78 Å². The van der Waals surface area contributed by atoms with Crippen LogP contribution in [-0.4, -0.2) is 34.0 Å². The monoisotopic (exact) mass is 258 g/mol. The van der Waals surface area contributed by atoms with E-state index in [0.717, 1.165) is 6.42 Å². The van der Waals surface area contributed by atoms with E-state index in [-0.39, 0.29) is 5.91 Å². The summed E-state index contributed by atoms with van der Waals surface area (Å²) in [6.07, 6.45) is 6.07. The standard InChI is InChI=1S/C14H18N4O/c1-17(8-5-11-3-6-16-7-4-11)14(19)13-9-12(15)10-18(13)2/h3-4,6-7,9-10H,5,8,15H2,1-2H3. The van der Waals surface area contributed by atoms with Gasteiger partial charge in [-0.1, -0.05) is 0 Å². The van der Waals surface area contributed by atoms with Crippen molar-refractivity contribution in [1.29, 1.82) is 0 Å². The zero-order valence-electron chi connectivity index (χ0n) is 11.2. The highest BCUT2D eigenvalue weighted by Crippen LogP contribution is 2.11. The van der Waals surface area contributed by atoms with Gasteiger partial charge in [0, 0.05) is 39.2 Å². The lowest BCUT2D eigenvalue weighted by molar-refractivity contribution is 0.0787. The molecule has 0 fully saturated rings. The van der Waals surface area contributed by atoms with Crippen LogP contribution in [0.5, 0.6) is 0 Å². The number of hydrogen-bond acceptors (Lipinski definition) is 3. The van der Waals surface area contributed by atoms with Crippen molar-refractivity contribution in [3.8, 4) is 0 Å². The first-order valence-corrected chi connectivity index (χ1v) is 6.14. The number of amides is 1. The Morgan fingerprint density at radius 3 is 2.68 bits per heavy atom. The van der Waals surface area contributed by atoms with E-state index in [1.54, 1.807) is 41.2 Å². The Morgan fingerprint density at radius 2 is 2.11 bits per heavy atom. The van der Waals surface area contributed by atoms with Crippen LogP contribution in [0.3, 0.4) is 0 Å². The second-order valence-electron chi connectivity index (χ2n) is 4.60. The van der Waals surface area contributed by atoms with Crippen LogP contribution in [-0.2, 0) is 13.5 Å². The summed E-state index contributed by atoms with van der Waals surface area (Å²) in [4.78, 5) is 17.9. The van der Waals surface area contributed by atoms with Gasteiger partial charge in [0.15, 0.2) is 0 Å². The van der Waals surface area contributed by atoms with E-state index in [1.807, 2.05) is 19.2 Å². The van der Waals surface area contributed by atoms with E-state index < -0.39 is 0 Å². The van der Waals surface area contributed by atoms with Crippen LogP contribution in [0.25, 0.3) is 0 Å². The average Bonchev–Trinajstić information content (AvgIpc) is 2.75. The largest absolute Gasteiger partial charge is 0.397 e. The fourth-order valence-corrected chi connectivity index (χ4v) is 1.95. The van der Waals surface area contributed by atoms with Crippen molar-refractivity contribution < 1.29 is 4.79 Å². The zero-order chi connectivity index (χ0) is 13.8. The lowest BCUT2D eigenvalue weighted by Crippen LogP contribution is -2.30. The number of aryl methyl sites for hydroxylation is 1. The van der Waals surface area contributed by atoms with Gasteiger partial charge in [0.1, 0.15) is 5.69 Å². The van der Waals surface area contributed by atoms with Crippen LogP contribution in [0.15, 0.2) is 36.8 Å². The Kier molecular flexibility index (Phi) is 3.85. The summed E-state index contributed by atoms with van der Waals surface area (Å²) in [7, 11) is 3.62. The van der Waals surface area contributed by atoms with Crippen LogP contribution >= 0.6 is 0 Å². The Balaban J connectivity index is 1.98. The summed E-state index contributed by atoms with van der Waals surface area (Å²) in [6.45, 7) is 0.661. The lowest BCUT2D eigenvalue weighted by Gasteiger charge is -2.17. The predicted molar refractivity (Wildman–Crippen MR) is 74.7 cm³/mol. The molecule has 19 heavy (non-hydrogen) atoms. The quantitative estimate of drug-likeness (QED) is 0.899. The molecule has 0 atom stereocenters. The van der Waals surface area contributed by atoms with Gasteiger partial charge in [-0.2, -0.15) is 0 Å². The van der Waals surface area contributed by atoms with Crippen molar-refractivity contribution in [2.75, 3.05) is 19.3 Å². The van der Waals surface area contributed by atoms with Gasteiger partial charge in [-0.05, 0) is 30.2 Å². The maximum Gasteiger partial charge on any atom is 0.270 e. The second kappa shape index (κ2) is 5.56. The minimum absolute atomic E-state index is 0.0201. The first-order chi connectivity index (χ1) is 9.08. The Hall–Kier alpha value is -2.30. The first-order valence-electron chi connectivity index (χ1n) is 6.14. The van der Waals surface area contributed by atoms with Crippen LogP contribution in [0.1, 0.15) is 16.1 Å². The third-order valence-corrected chi connectivity index (χ3v) is 3.08. The topological polar surface area (TPSA) is 64.2 Å². The van der Waals surface area contributed by atoms with Crippen LogP contribution in [0.2, 0.25) is 0 Å². The van der Waals surface area contributed by atoms with Gasteiger partial charge in [0.05, 0.1) is 5.69 Å². The second-order valence-corrected chi connectivity index (χ2v) is 4.60. The molecular formula is C14H18N4O. The molecule has 2 rings (SSSR count). The molecule has 0 aliphatic heterocycles. The molecule has 0 aromatic carbocycles. The van der Waals surface area contributed by atoms with Gasteiger partial charge in [0.25, 0.3) is 5.91 Å². The van der Waals surface area contributed by atoms with Crippen molar-refractivity contribution >= 4 is 11.6 Å². The number of carbonyl (C=O) groups is 1. The summed E-state index contributed by atoms with van der Waals surface area (Å²) in [5, 5.41) is 0. The molecule has 100 valence electrons. The van der Waals surface area contributed by atoms with Crippen molar-refractivity contribution in [2.45, 2.75) is 6.42 Å². The molecule has 2 N–H and O–H groups in total. The summed E-state index contributed by atoms with van der Waals surface area (Å²) < 4.78 is 1.75. The Morgan fingerprint density at radius 1 is 1.42 bits per heavy atom. The molecule has 5 heteroatoms. The number of likely N-dealkylation sites (N-methyl/N-ethyl adjacent to an activating group) is 1. The molecule has 2 heterocycles. The molecule has 0 saturated carbocycles. The number of nitrogens with zero attached hydrogens (tertiary/aromatic N) is 3. The summed E-state index contributed by atoms with van der Waals surface area (Å²) in [5.41, 5.74) is 8.06. The van der Waals surface area contributed by atoms with E-state index in [4.69, 9.17) is 5.73 Å². The molecule has 0 unspecified atom stereocenters. The molecule has 0 saturated heterocycles. The third kappa shape index (κ3) is 3.13. The molecule has 1 amide bonds. The summed E-state index contributed by atoms with van der Waals surface area (Å²) in [5.74, 6) is -0.0201. The molecule has 5 nitrogen and oxygen atoms in total. The highest BCUT2D eigenvalue weighted by atomic mass is 16.2. The fraction of sp³-hybridized carbons (Fsp3) is 0.286. The minimum Gasteiger partial charge on any atom is -0.397 e. The molecule has 2 aromatic heterocycles. The molecule has 0 radical (unpaired) electrons. The predicted octanol–water partition coefficient (Wildman–Crippen LogP) is 1.32. The number of hydrogen-bond donors (Lipinski definition) is 1. The van der Waals surface area contributed by atoms with Crippen molar-refractivity contribution in [1.82, 2.24) is 14.5 Å². The fourth-order valence-electron chi connectivity index (χ4n) is 1.95. The normalized spacial score (nSPS) is 10.4. The van der Waals surface area contributed by atoms with Crippen LogP contribution in [0.4, 0.5) is 5.69 Å². The van der Waals surface area contributed by atoms with Gasteiger partial charge >= 0.3 is 0 Å². The Labute approximate surface area is 112 Å². The number of aromatic nitrogens is 2. The first kappa shape index (κ1) is 13.1. The smallest absolute Gasteiger partial charge is 0.270 e. The number of nitrogen functional groups attached to an aromatic ring is 1. The van der Waals surface area contributed by atoms with E-state index in [1.165, 1.54) is 5.56 Å². The molecular weight excluding hydrogens is 240 g/mol. The van der Waals surface area contributed by atoms with E-state index in [2.05, 4.69) is 4.98 Å². The maximum atomic E-state index is 12.2. The zero-order valence-corrected chi connectivity index (χ0v) is 11.2. The Bertz CT molecular complexity index is 562. The SMILES string of the molecule is CN(CCc1ccncc1)C(=O)c1cc(N)cn1C. The number of pyridine rings is 1. The molecule has 0 bridgehead atoms. The van der Waals surface area contributed by atoms with Crippen molar-refractivity contribution in [3.63, 3.8) is 0 Å². The minimum atomic E-state index is -0.0201. The number of carbonyl (C=O) groups excluding carboxylic acids is 1. The van der Waals surface area contributed by atoms with Gasteiger partial charge in [-0.15, -0.1) is 0 Å². The molecule has 0 spiro atoms. The highest BCUT2D eigenvalue weighted by Gasteiger charge is 2.15. The number of nitrogens with two attached hydrogens (primary N) is 1. The number of rotatable bonds is 4. The van der Waals surface area contributed by atoms with Crippen molar-refractivity contribution in [2.24, 2.45) is 7.05 Å². The lowest BCUT2D eigenvalue weighted by atomic mass is 10.2. The molecule has 0 aliphatic carbocycles. The van der Waals surface area contributed by atoms with Crippen LogP contribution < -0.4 is 5.73 Å². The summed E-state index contributed by atoms with van der Waals surface area (Å²) in [6, 6.07) is 5.61. The van der Waals surface area contributed by atoms with Crippen molar-refractivity contribution in [3.05, 3.63) is 48.0 Å². The number of anilines is 1. The highest BCUT2D eigenvalue weighted by molar-refractivity contribution is 5.93. The third-order valence-electron chi connectivity index (χ3n) is 3.08. The van der Waals surface area contributed by atoms with Gasteiger partial charge < -0.3 is 15.2 Å². The van der Waals surface area contributed by atoms with Gasteiger partial charge in [-0.25, -0.2) is 0 Å². The van der Waals surface area contributed by atoms with E-state index in [9.17, 15) is 4.79 Å². The maximum absolute atomic E-state index is 12.2.